The van der Waals surface area contributed by atoms with E-state index in [2.05, 4.69) is 5.32 Å². The van der Waals surface area contributed by atoms with Crippen LogP contribution in [0.2, 0.25) is 0 Å². The summed E-state index contributed by atoms with van der Waals surface area (Å²) in [6, 6.07) is 9.31. The highest BCUT2D eigenvalue weighted by Gasteiger charge is 2.44. The molecule has 1 aliphatic rings. The first kappa shape index (κ1) is 20.1. The van der Waals surface area contributed by atoms with Crippen LogP contribution < -0.4 is 5.32 Å². The standard InChI is InChI=1S/C21H20N2O6/c1-11(2)18(23-20(28)13-5-3-4-6-14(13)21(23)29)19(27)22-15-9-12(10-17(25)26)7-8-16(15)24/h3-9,11,18,24H,10H2,1-2H3,(H,22,27)(H,25,26). The number of fused-ring (bicyclic) bond motifs is 1. The quantitative estimate of drug-likeness (QED) is 0.508. The van der Waals surface area contributed by atoms with Crippen molar-refractivity contribution in [2.75, 3.05) is 5.32 Å². The molecule has 2 aromatic carbocycles. The molecule has 0 fully saturated rings. The van der Waals surface area contributed by atoms with Crippen LogP contribution in [0.25, 0.3) is 0 Å². The zero-order chi connectivity index (χ0) is 21.3. The number of phenols is 1. The van der Waals surface area contributed by atoms with E-state index in [-0.39, 0.29) is 29.0 Å². The minimum absolute atomic E-state index is 0.0102. The lowest BCUT2D eigenvalue weighted by atomic mass is 10.0. The number of phenolic OH excluding ortho intramolecular Hbond substituents is 1. The van der Waals surface area contributed by atoms with Gasteiger partial charge in [0.1, 0.15) is 11.8 Å². The third-order valence-electron chi connectivity index (χ3n) is 4.68. The van der Waals surface area contributed by atoms with Gasteiger partial charge in [0.15, 0.2) is 0 Å². The molecule has 0 spiro atoms. The summed E-state index contributed by atoms with van der Waals surface area (Å²) in [6.45, 7) is 3.41. The van der Waals surface area contributed by atoms with Crippen molar-refractivity contribution in [1.29, 1.82) is 0 Å². The average molecular weight is 396 g/mol. The third kappa shape index (κ3) is 3.82. The average Bonchev–Trinajstić information content (AvgIpc) is 2.89. The number of rotatable bonds is 6. The second-order valence-corrected chi connectivity index (χ2v) is 7.13. The summed E-state index contributed by atoms with van der Waals surface area (Å²) < 4.78 is 0. The number of aliphatic carboxylic acids is 1. The first-order valence-corrected chi connectivity index (χ1v) is 9.02. The van der Waals surface area contributed by atoms with Crippen LogP contribution in [0.15, 0.2) is 42.5 Å². The zero-order valence-electron chi connectivity index (χ0n) is 15.9. The Morgan fingerprint density at radius 1 is 1.03 bits per heavy atom. The number of carboxylic acids is 1. The van der Waals surface area contributed by atoms with Crippen LogP contribution in [-0.4, -0.2) is 44.8 Å². The minimum Gasteiger partial charge on any atom is -0.506 e. The Morgan fingerprint density at radius 2 is 1.62 bits per heavy atom. The smallest absolute Gasteiger partial charge is 0.307 e. The summed E-state index contributed by atoms with van der Waals surface area (Å²) >= 11 is 0. The molecule has 0 saturated heterocycles. The van der Waals surface area contributed by atoms with Crippen molar-refractivity contribution >= 4 is 29.4 Å². The van der Waals surface area contributed by atoms with Gasteiger partial charge in [-0.15, -0.1) is 0 Å². The molecule has 0 bridgehead atoms. The number of nitrogens with zero attached hydrogens (tertiary/aromatic N) is 1. The van der Waals surface area contributed by atoms with Gasteiger partial charge in [0.2, 0.25) is 5.91 Å². The summed E-state index contributed by atoms with van der Waals surface area (Å²) in [5.41, 5.74) is 0.868. The SMILES string of the molecule is CC(C)C(C(=O)Nc1cc(CC(=O)O)ccc1O)N1C(=O)c2ccccc2C1=O. The number of imide groups is 1. The van der Waals surface area contributed by atoms with Gasteiger partial charge >= 0.3 is 5.97 Å². The third-order valence-corrected chi connectivity index (χ3v) is 4.68. The van der Waals surface area contributed by atoms with Crippen LogP contribution in [0, 0.1) is 5.92 Å². The summed E-state index contributed by atoms with van der Waals surface area (Å²) in [4.78, 5) is 50.4. The zero-order valence-corrected chi connectivity index (χ0v) is 15.9. The van der Waals surface area contributed by atoms with Gasteiger partial charge in [0, 0.05) is 0 Å². The Balaban J connectivity index is 1.90. The number of benzene rings is 2. The molecule has 0 aromatic heterocycles. The van der Waals surface area contributed by atoms with Gasteiger partial charge in [-0.2, -0.15) is 0 Å². The number of carboxylic acid groups (broad SMARTS) is 1. The number of aromatic hydroxyl groups is 1. The summed E-state index contributed by atoms with van der Waals surface area (Å²) in [5, 5.41) is 21.5. The molecule has 0 saturated carbocycles. The van der Waals surface area contributed by atoms with Gasteiger partial charge in [-0.3, -0.25) is 24.1 Å². The van der Waals surface area contributed by atoms with Gasteiger partial charge in [-0.05, 0) is 35.7 Å². The van der Waals surface area contributed by atoms with E-state index in [1.165, 1.54) is 30.3 Å². The van der Waals surface area contributed by atoms with Crippen molar-refractivity contribution in [3.8, 4) is 5.75 Å². The topological polar surface area (TPSA) is 124 Å². The molecule has 1 aliphatic heterocycles. The van der Waals surface area contributed by atoms with Crippen molar-refractivity contribution in [3.05, 3.63) is 59.2 Å². The number of hydrogen-bond donors (Lipinski definition) is 3. The molecular weight excluding hydrogens is 376 g/mol. The molecule has 1 heterocycles. The van der Waals surface area contributed by atoms with E-state index in [0.29, 0.717) is 5.56 Å². The predicted molar refractivity (Wildman–Crippen MR) is 104 cm³/mol. The first-order chi connectivity index (χ1) is 13.7. The van der Waals surface area contributed by atoms with E-state index in [0.717, 1.165) is 4.90 Å². The maximum atomic E-state index is 13.0. The van der Waals surface area contributed by atoms with Gasteiger partial charge in [-0.25, -0.2) is 0 Å². The van der Waals surface area contributed by atoms with Crippen molar-refractivity contribution < 1.29 is 29.4 Å². The monoisotopic (exact) mass is 396 g/mol. The Bertz CT molecular complexity index is 979. The van der Waals surface area contributed by atoms with Crippen molar-refractivity contribution in [2.45, 2.75) is 26.3 Å². The molecule has 0 radical (unpaired) electrons. The van der Waals surface area contributed by atoms with Crippen molar-refractivity contribution in [1.82, 2.24) is 4.90 Å². The summed E-state index contributed by atoms with van der Waals surface area (Å²) in [7, 11) is 0. The van der Waals surface area contributed by atoms with E-state index >= 15 is 0 Å². The summed E-state index contributed by atoms with van der Waals surface area (Å²) in [5.74, 6) is -3.47. The van der Waals surface area contributed by atoms with Crippen molar-refractivity contribution in [3.63, 3.8) is 0 Å². The van der Waals surface area contributed by atoms with E-state index in [4.69, 9.17) is 5.11 Å². The highest BCUT2D eigenvalue weighted by Crippen LogP contribution is 2.29. The lowest BCUT2D eigenvalue weighted by Gasteiger charge is -2.28. The number of carbonyl (C=O) groups excluding carboxylic acids is 3. The highest BCUT2D eigenvalue weighted by atomic mass is 16.4. The normalized spacial score (nSPS) is 14.1. The van der Waals surface area contributed by atoms with E-state index in [1.54, 1.807) is 26.0 Å². The maximum absolute atomic E-state index is 13.0. The first-order valence-electron chi connectivity index (χ1n) is 9.02. The molecular formula is C21H20N2O6. The Morgan fingerprint density at radius 3 is 2.14 bits per heavy atom. The van der Waals surface area contributed by atoms with E-state index < -0.39 is 35.7 Å². The number of amides is 3. The lowest BCUT2D eigenvalue weighted by Crippen LogP contribution is -2.50. The fourth-order valence-corrected chi connectivity index (χ4v) is 3.35. The highest BCUT2D eigenvalue weighted by molar-refractivity contribution is 6.23. The Labute approximate surface area is 166 Å². The van der Waals surface area contributed by atoms with Crippen LogP contribution in [0.5, 0.6) is 5.75 Å². The number of anilines is 1. The molecule has 0 aliphatic carbocycles. The van der Waals surface area contributed by atoms with E-state index in [1.807, 2.05) is 0 Å². The lowest BCUT2D eigenvalue weighted by molar-refractivity contribution is -0.136. The van der Waals surface area contributed by atoms with Gasteiger partial charge in [-0.1, -0.05) is 32.0 Å². The van der Waals surface area contributed by atoms with Crippen LogP contribution in [0.4, 0.5) is 5.69 Å². The minimum atomic E-state index is -1.11. The fraction of sp³-hybridized carbons (Fsp3) is 0.238. The second-order valence-electron chi connectivity index (χ2n) is 7.13. The molecule has 150 valence electrons. The predicted octanol–water partition coefficient (Wildman–Crippen LogP) is 2.28. The number of hydrogen-bond acceptors (Lipinski definition) is 5. The Hall–Kier alpha value is -3.68. The summed E-state index contributed by atoms with van der Waals surface area (Å²) in [6.07, 6.45) is -0.283. The van der Waals surface area contributed by atoms with E-state index in [9.17, 15) is 24.3 Å². The molecule has 3 rings (SSSR count). The van der Waals surface area contributed by atoms with Crippen LogP contribution in [-0.2, 0) is 16.0 Å². The van der Waals surface area contributed by atoms with Crippen molar-refractivity contribution in [2.24, 2.45) is 5.92 Å². The van der Waals surface area contributed by atoms with Gasteiger partial charge in [0.25, 0.3) is 11.8 Å². The molecule has 1 atom stereocenters. The molecule has 8 heteroatoms. The van der Waals surface area contributed by atoms with Crippen LogP contribution in [0.3, 0.4) is 0 Å². The number of nitrogens with one attached hydrogen (secondary N) is 1. The van der Waals surface area contributed by atoms with Crippen LogP contribution in [0.1, 0.15) is 40.1 Å². The van der Waals surface area contributed by atoms with Crippen LogP contribution >= 0.6 is 0 Å². The Kier molecular flexibility index (Phi) is 5.36. The second kappa shape index (κ2) is 7.75. The molecule has 3 N–H and O–H groups in total. The molecule has 29 heavy (non-hydrogen) atoms. The fourth-order valence-electron chi connectivity index (χ4n) is 3.35. The maximum Gasteiger partial charge on any atom is 0.307 e. The molecule has 3 amide bonds. The largest absolute Gasteiger partial charge is 0.506 e. The molecule has 2 aromatic rings. The van der Waals surface area contributed by atoms with Gasteiger partial charge < -0.3 is 15.5 Å². The molecule has 8 nitrogen and oxygen atoms in total. The molecule has 1 unspecified atom stereocenters. The number of carbonyl (C=O) groups is 4. The van der Waals surface area contributed by atoms with Gasteiger partial charge in [0.05, 0.1) is 23.2 Å².